The Kier molecular flexibility index (Phi) is 7.22. The van der Waals surface area contributed by atoms with Crippen molar-refractivity contribution in [2.75, 3.05) is 31.6 Å². The molecule has 4 saturated carbocycles. The molecule has 194 valence electrons. The standard InChI is InChI=1S/C22H25N7O3.C5H8/c1-25-21(31)18-10-19(28-22(27-18)32-12-15-9-14(15)11-23)29-7-5-13(6-8-29)16-3-2-4-17(26-16)20(24)30;1-4-2-5(1)3-4/h2-4,10,13-15H,5-9,12H2,1H3,(H2,24,30)(H,25,31);4-5H,1-3H2. The molecular weight excluding hydrogens is 470 g/mol. The number of rotatable bonds is 7. The Hall–Kier alpha value is -3.74. The number of hydrogen-bond acceptors (Lipinski definition) is 8. The van der Waals surface area contributed by atoms with Crippen LogP contribution in [0.5, 0.6) is 6.01 Å². The summed E-state index contributed by atoms with van der Waals surface area (Å²) in [5.41, 5.74) is 6.71. The van der Waals surface area contributed by atoms with Crippen LogP contribution in [0, 0.1) is 35.0 Å². The van der Waals surface area contributed by atoms with Crippen molar-refractivity contribution in [3.8, 4) is 12.1 Å². The molecule has 0 spiro atoms. The minimum Gasteiger partial charge on any atom is -0.463 e. The van der Waals surface area contributed by atoms with Gasteiger partial charge in [0.25, 0.3) is 11.8 Å². The van der Waals surface area contributed by atoms with Crippen molar-refractivity contribution in [3.05, 3.63) is 41.3 Å². The first-order valence-corrected chi connectivity index (χ1v) is 13.1. The van der Waals surface area contributed by atoms with E-state index in [1.54, 1.807) is 44.5 Å². The normalized spacial score (nSPS) is 25.4. The molecule has 1 aliphatic heterocycles. The van der Waals surface area contributed by atoms with Gasteiger partial charge in [-0.05, 0) is 62.5 Å². The average molecular weight is 504 g/mol. The van der Waals surface area contributed by atoms with Crippen molar-refractivity contribution < 1.29 is 14.3 Å². The minimum atomic E-state index is -0.535. The Balaban J connectivity index is 0.000000491. The lowest BCUT2D eigenvalue weighted by Gasteiger charge is -2.49. The van der Waals surface area contributed by atoms with E-state index in [2.05, 4.69) is 31.2 Å². The predicted molar refractivity (Wildman–Crippen MR) is 136 cm³/mol. The molecular formula is C27H33N7O3. The number of pyridine rings is 1. The molecule has 3 N–H and O–H groups in total. The number of hydrogen-bond donors (Lipinski definition) is 2. The number of nitrogens with one attached hydrogen (secondary N) is 1. The second-order valence-electron chi connectivity index (χ2n) is 10.5. The zero-order valence-electron chi connectivity index (χ0n) is 21.1. The fourth-order valence-corrected chi connectivity index (χ4v) is 5.08. The summed E-state index contributed by atoms with van der Waals surface area (Å²) in [6.45, 7) is 1.77. The number of anilines is 1. The van der Waals surface area contributed by atoms with E-state index < -0.39 is 5.91 Å². The second kappa shape index (κ2) is 10.7. The van der Waals surface area contributed by atoms with Crippen LogP contribution in [0.15, 0.2) is 24.3 Å². The van der Waals surface area contributed by atoms with Crippen molar-refractivity contribution >= 4 is 17.6 Å². The first-order valence-electron chi connectivity index (χ1n) is 13.1. The summed E-state index contributed by atoms with van der Waals surface area (Å²) in [6.07, 6.45) is 7.20. The number of piperidine rings is 1. The summed E-state index contributed by atoms with van der Waals surface area (Å²) >= 11 is 0. The van der Waals surface area contributed by atoms with Gasteiger partial charge in [-0.2, -0.15) is 15.2 Å². The maximum atomic E-state index is 12.2. The largest absolute Gasteiger partial charge is 0.463 e. The molecule has 2 aromatic heterocycles. The third-order valence-corrected chi connectivity index (χ3v) is 7.93. The van der Waals surface area contributed by atoms with E-state index >= 15 is 0 Å². The summed E-state index contributed by atoms with van der Waals surface area (Å²) in [6, 6.07) is 9.36. The van der Waals surface area contributed by atoms with E-state index in [1.807, 2.05) is 6.07 Å². The average Bonchev–Trinajstić information content (AvgIpc) is 3.64. The number of carbonyl (C=O) groups is 2. The quantitative estimate of drug-likeness (QED) is 0.586. The van der Waals surface area contributed by atoms with E-state index in [-0.39, 0.29) is 41.1 Å². The number of amides is 2. The SMILES string of the molecule is C1C2CC1C2.CNC(=O)c1cc(N2CCC(c3cccc(C(N)=O)n3)CC2)nc(OCC2CC2C#N)n1. The Morgan fingerprint density at radius 2 is 1.81 bits per heavy atom. The van der Waals surface area contributed by atoms with Gasteiger partial charge < -0.3 is 20.7 Å². The Bertz CT molecular complexity index is 1180. The van der Waals surface area contributed by atoms with Gasteiger partial charge in [-0.1, -0.05) is 6.07 Å². The van der Waals surface area contributed by atoms with Crippen LogP contribution in [0.3, 0.4) is 0 Å². The van der Waals surface area contributed by atoms with E-state index in [1.165, 1.54) is 11.8 Å². The predicted octanol–water partition coefficient (Wildman–Crippen LogP) is 2.67. The summed E-state index contributed by atoms with van der Waals surface area (Å²) in [7, 11) is 1.55. The van der Waals surface area contributed by atoms with Crippen molar-refractivity contribution in [1.29, 1.82) is 5.26 Å². The van der Waals surface area contributed by atoms with Crippen molar-refractivity contribution in [3.63, 3.8) is 0 Å². The second-order valence-corrected chi connectivity index (χ2v) is 10.5. The molecule has 7 rings (SSSR count). The lowest BCUT2D eigenvalue weighted by atomic mass is 9.56. The molecule has 37 heavy (non-hydrogen) atoms. The Morgan fingerprint density at radius 1 is 1.11 bits per heavy atom. The van der Waals surface area contributed by atoms with Gasteiger partial charge in [0, 0.05) is 43.7 Å². The number of ether oxygens (including phenoxy) is 1. The molecule has 10 nitrogen and oxygen atoms in total. The van der Waals surface area contributed by atoms with Gasteiger partial charge in [-0.25, -0.2) is 4.98 Å². The van der Waals surface area contributed by atoms with Crippen LogP contribution in [0.4, 0.5) is 5.82 Å². The highest BCUT2D eigenvalue weighted by Gasteiger charge is 2.41. The molecule has 2 aromatic rings. The monoisotopic (exact) mass is 503 g/mol. The Morgan fingerprint density at radius 3 is 2.38 bits per heavy atom. The molecule has 5 fully saturated rings. The molecule has 10 heteroatoms. The van der Waals surface area contributed by atoms with E-state index in [4.69, 9.17) is 15.7 Å². The number of aromatic nitrogens is 3. The van der Waals surface area contributed by atoms with E-state index in [0.717, 1.165) is 25.0 Å². The van der Waals surface area contributed by atoms with Crippen LogP contribution in [-0.4, -0.2) is 53.5 Å². The molecule has 1 saturated heterocycles. The van der Waals surface area contributed by atoms with Crippen LogP contribution in [0.25, 0.3) is 0 Å². The number of nitriles is 1. The fraction of sp³-hybridized carbons (Fsp3) is 0.556. The summed E-state index contributed by atoms with van der Waals surface area (Å²) in [4.78, 5) is 38.9. The van der Waals surface area contributed by atoms with Gasteiger partial charge in [0.1, 0.15) is 17.2 Å². The molecule has 2 atom stereocenters. The lowest BCUT2D eigenvalue weighted by molar-refractivity contribution is 0.0198. The van der Waals surface area contributed by atoms with Gasteiger partial charge >= 0.3 is 6.01 Å². The number of carbonyl (C=O) groups excluding carboxylic acids is 2. The van der Waals surface area contributed by atoms with Crippen LogP contribution >= 0.6 is 0 Å². The zero-order valence-corrected chi connectivity index (χ0v) is 21.1. The van der Waals surface area contributed by atoms with Gasteiger partial charge in [0.15, 0.2) is 0 Å². The molecule has 3 heterocycles. The number of nitrogens with two attached hydrogens (primary N) is 1. The zero-order chi connectivity index (χ0) is 25.9. The molecule has 2 bridgehead atoms. The lowest BCUT2D eigenvalue weighted by Crippen LogP contribution is -2.38. The maximum absolute atomic E-state index is 12.2. The van der Waals surface area contributed by atoms with Crippen LogP contribution in [-0.2, 0) is 0 Å². The first kappa shape index (κ1) is 24.9. The molecule has 0 radical (unpaired) electrons. The molecule has 2 unspecified atom stereocenters. The highest BCUT2D eigenvalue weighted by molar-refractivity contribution is 5.92. The molecule has 0 aromatic carbocycles. The highest BCUT2D eigenvalue weighted by atomic mass is 16.5. The topological polar surface area (TPSA) is 147 Å². The van der Waals surface area contributed by atoms with E-state index in [0.29, 0.717) is 25.5 Å². The third-order valence-electron chi connectivity index (χ3n) is 7.93. The van der Waals surface area contributed by atoms with Crippen molar-refractivity contribution in [2.24, 2.45) is 29.4 Å². The van der Waals surface area contributed by atoms with Crippen LogP contribution in [0.1, 0.15) is 71.1 Å². The smallest absolute Gasteiger partial charge is 0.319 e. The molecule has 2 amide bonds. The summed E-state index contributed by atoms with van der Waals surface area (Å²) in [5, 5.41) is 11.5. The third kappa shape index (κ3) is 5.82. The molecule has 4 aliphatic carbocycles. The van der Waals surface area contributed by atoms with E-state index in [9.17, 15) is 9.59 Å². The maximum Gasteiger partial charge on any atom is 0.319 e. The van der Waals surface area contributed by atoms with Crippen LogP contribution in [0.2, 0.25) is 0 Å². The number of nitrogens with zero attached hydrogens (tertiary/aromatic N) is 5. The summed E-state index contributed by atoms with van der Waals surface area (Å²) in [5.74, 6) is 2.61. The van der Waals surface area contributed by atoms with Crippen LogP contribution < -0.4 is 20.7 Å². The Labute approximate surface area is 216 Å². The van der Waals surface area contributed by atoms with Crippen molar-refractivity contribution in [1.82, 2.24) is 20.3 Å². The minimum absolute atomic E-state index is 0.0253. The van der Waals surface area contributed by atoms with Crippen molar-refractivity contribution in [2.45, 2.75) is 44.4 Å². The summed E-state index contributed by atoms with van der Waals surface area (Å²) < 4.78 is 5.72. The highest BCUT2D eigenvalue weighted by Crippen LogP contribution is 2.52. The van der Waals surface area contributed by atoms with Gasteiger partial charge in [-0.3, -0.25) is 9.59 Å². The van der Waals surface area contributed by atoms with Gasteiger partial charge in [0.2, 0.25) is 0 Å². The fourth-order valence-electron chi connectivity index (χ4n) is 5.08. The number of primary amides is 1. The molecule has 5 aliphatic rings. The van der Waals surface area contributed by atoms with Gasteiger partial charge in [-0.15, -0.1) is 0 Å². The first-order chi connectivity index (χ1) is 17.9. The van der Waals surface area contributed by atoms with Gasteiger partial charge in [0.05, 0.1) is 18.6 Å².